The Bertz CT molecular complexity index is 559. The van der Waals surface area contributed by atoms with Crippen LogP contribution in [0.3, 0.4) is 0 Å². The van der Waals surface area contributed by atoms with Crippen molar-refractivity contribution in [3.63, 3.8) is 0 Å². The summed E-state index contributed by atoms with van der Waals surface area (Å²) in [7, 11) is 4.71. The molecular formula is C16H27N5O4. The number of nitrogens with zero attached hydrogens (tertiary/aromatic N) is 5. The second kappa shape index (κ2) is 9.59. The molecular weight excluding hydrogens is 326 g/mol. The first-order chi connectivity index (χ1) is 12.1. The maximum Gasteiger partial charge on any atom is 0.239 e. The first kappa shape index (κ1) is 19.5. The van der Waals surface area contributed by atoms with Gasteiger partial charge in [0.1, 0.15) is 26.0 Å². The lowest BCUT2D eigenvalue weighted by atomic mass is 10.1. The van der Waals surface area contributed by atoms with Crippen LogP contribution >= 0.6 is 0 Å². The lowest BCUT2D eigenvalue weighted by molar-refractivity contribution is -0.117. The molecule has 1 aliphatic rings. The van der Waals surface area contributed by atoms with Crippen LogP contribution in [-0.4, -0.2) is 62.4 Å². The fraction of sp³-hybridized carbons (Fsp3) is 0.750. The minimum absolute atomic E-state index is 0.0808. The second-order valence-electron chi connectivity index (χ2n) is 6.02. The van der Waals surface area contributed by atoms with Crippen molar-refractivity contribution in [2.24, 2.45) is 0 Å². The molecule has 9 nitrogen and oxygen atoms in total. The summed E-state index contributed by atoms with van der Waals surface area (Å²) in [5, 5.41) is 0. The van der Waals surface area contributed by atoms with E-state index >= 15 is 0 Å². The van der Waals surface area contributed by atoms with Crippen molar-refractivity contribution in [3.8, 4) is 0 Å². The standard InChI is InChI=1S/C16H27N5O4/c1-12(22)21(11-25-4)16-18-14(13-7-5-6-8-13)17-15(19-16)20(9-23-2)10-24-3/h13H,5-11H2,1-4H3. The van der Waals surface area contributed by atoms with Gasteiger partial charge in [0, 0.05) is 34.2 Å². The van der Waals surface area contributed by atoms with E-state index in [9.17, 15) is 4.79 Å². The Labute approximate surface area is 148 Å². The molecule has 1 fully saturated rings. The van der Waals surface area contributed by atoms with Gasteiger partial charge in [-0.1, -0.05) is 12.8 Å². The predicted octanol–water partition coefficient (Wildman–Crippen LogP) is 1.50. The van der Waals surface area contributed by atoms with Gasteiger partial charge in [0.15, 0.2) is 0 Å². The predicted molar refractivity (Wildman–Crippen MR) is 92.3 cm³/mol. The summed E-state index contributed by atoms with van der Waals surface area (Å²) in [6, 6.07) is 0. The van der Waals surface area contributed by atoms with Crippen LogP contribution in [-0.2, 0) is 19.0 Å². The van der Waals surface area contributed by atoms with Crippen LogP contribution in [0.15, 0.2) is 0 Å². The van der Waals surface area contributed by atoms with Crippen LogP contribution in [0.2, 0.25) is 0 Å². The molecule has 9 heteroatoms. The van der Waals surface area contributed by atoms with Crippen LogP contribution in [0.25, 0.3) is 0 Å². The second-order valence-corrected chi connectivity index (χ2v) is 6.02. The zero-order valence-corrected chi connectivity index (χ0v) is 15.4. The summed E-state index contributed by atoms with van der Waals surface area (Å²) < 4.78 is 15.5. The number of aromatic nitrogens is 3. The average Bonchev–Trinajstić information content (AvgIpc) is 3.13. The van der Waals surface area contributed by atoms with E-state index in [4.69, 9.17) is 14.2 Å². The highest BCUT2D eigenvalue weighted by Gasteiger charge is 2.25. The van der Waals surface area contributed by atoms with Gasteiger partial charge in [-0.3, -0.25) is 14.6 Å². The van der Waals surface area contributed by atoms with E-state index in [0.29, 0.717) is 17.7 Å². The Morgan fingerprint density at radius 3 is 2.04 bits per heavy atom. The number of methoxy groups -OCH3 is 3. The maximum absolute atomic E-state index is 12.0. The highest BCUT2D eigenvalue weighted by molar-refractivity contribution is 5.89. The van der Waals surface area contributed by atoms with Gasteiger partial charge in [0.2, 0.25) is 17.8 Å². The smallest absolute Gasteiger partial charge is 0.239 e. The molecule has 0 unspecified atom stereocenters. The maximum atomic E-state index is 12.0. The third kappa shape index (κ3) is 5.07. The van der Waals surface area contributed by atoms with Gasteiger partial charge in [-0.05, 0) is 12.8 Å². The Kier molecular flexibility index (Phi) is 7.48. The monoisotopic (exact) mass is 353 g/mol. The summed E-state index contributed by atoms with van der Waals surface area (Å²) in [5.41, 5.74) is 0. The fourth-order valence-corrected chi connectivity index (χ4v) is 2.88. The van der Waals surface area contributed by atoms with E-state index in [1.165, 1.54) is 18.9 Å². The molecule has 25 heavy (non-hydrogen) atoms. The number of hydrogen-bond acceptors (Lipinski definition) is 8. The van der Waals surface area contributed by atoms with Crippen molar-refractivity contribution in [2.45, 2.75) is 38.5 Å². The summed E-state index contributed by atoms with van der Waals surface area (Å²) in [6.07, 6.45) is 4.41. The highest BCUT2D eigenvalue weighted by atomic mass is 16.5. The van der Waals surface area contributed by atoms with Crippen molar-refractivity contribution in [2.75, 3.05) is 51.3 Å². The van der Waals surface area contributed by atoms with Gasteiger partial charge < -0.3 is 14.2 Å². The van der Waals surface area contributed by atoms with Gasteiger partial charge >= 0.3 is 0 Å². The molecule has 1 heterocycles. The van der Waals surface area contributed by atoms with Crippen LogP contribution in [0, 0.1) is 0 Å². The van der Waals surface area contributed by atoms with Gasteiger partial charge in [-0.15, -0.1) is 0 Å². The first-order valence-corrected chi connectivity index (χ1v) is 8.36. The molecule has 0 bridgehead atoms. The van der Waals surface area contributed by atoms with Crippen LogP contribution < -0.4 is 9.80 Å². The molecule has 0 saturated heterocycles. The molecule has 0 spiro atoms. The fourth-order valence-electron chi connectivity index (χ4n) is 2.88. The third-order valence-electron chi connectivity index (χ3n) is 4.08. The van der Waals surface area contributed by atoms with E-state index in [-0.39, 0.29) is 32.0 Å². The minimum Gasteiger partial charge on any atom is -0.364 e. The SMILES string of the molecule is COCN(COC)c1nc(C2CCCC2)nc(N(COC)C(C)=O)n1. The van der Waals surface area contributed by atoms with E-state index < -0.39 is 0 Å². The van der Waals surface area contributed by atoms with Crippen molar-refractivity contribution < 1.29 is 19.0 Å². The van der Waals surface area contributed by atoms with Crippen LogP contribution in [0.1, 0.15) is 44.3 Å². The first-order valence-electron chi connectivity index (χ1n) is 8.36. The largest absolute Gasteiger partial charge is 0.364 e. The van der Waals surface area contributed by atoms with Gasteiger partial charge in [-0.25, -0.2) is 0 Å². The third-order valence-corrected chi connectivity index (χ3v) is 4.08. The molecule has 0 aliphatic heterocycles. The summed E-state index contributed by atoms with van der Waals surface area (Å²) >= 11 is 0. The quantitative estimate of drug-likeness (QED) is 0.617. The highest BCUT2D eigenvalue weighted by Crippen LogP contribution is 2.33. The molecule has 1 saturated carbocycles. The average molecular weight is 353 g/mol. The van der Waals surface area contributed by atoms with Crippen LogP contribution in [0.5, 0.6) is 0 Å². The molecule has 0 aromatic carbocycles. The lowest BCUT2D eigenvalue weighted by Gasteiger charge is -2.24. The lowest BCUT2D eigenvalue weighted by Crippen LogP contribution is -2.35. The number of anilines is 2. The molecule has 0 radical (unpaired) electrons. The van der Waals surface area contributed by atoms with Gasteiger partial charge in [0.05, 0.1) is 0 Å². The van der Waals surface area contributed by atoms with E-state index in [0.717, 1.165) is 25.7 Å². The van der Waals surface area contributed by atoms with Crippen LogP contribution in [0.4, 0.5) is 11.9 Å². The number of carbonyl (C=O) groups excluding carboxylic acids is 1. The number of ether oxygens (including phenoxy) is 3. The Balaban J connectivity index is 2.44. The number of carbonyl (C=O) groups is 1. The molecule has 2 rings (SSSR count). The number of hydrogen-bond donors (Lipinski definition) is 0. The van der Waals surface area contributed by atoms with Crippen molar-refractivity contribution in [1.29, 1.82) is 0 Å². The van der Waals surface area contributed by atoms with E-state index in [1.807, 2.05) is 0 Å². The van der Waals surface area contributed by atoms with Crippen molar-refractivity contribution in [1.82, 2.24) is 15.0 Å². The minimum atomic E-state index is -0.193. The van der Waals surface area contributed by atoms with E-state index in [1.54, 1.807) is 19.1 Å². The normalized spacial score (nSPS) is 14.7. The summed E-state index contributed by atoms with van der Waals surface area (Å²) in [4.78, 5) is 28.7. The summed E-state index contributed by atoms with van der Waals surface area (Å²) in [6.45, 7) is 2.08. The van der Waals surface area contributed by atoms with Gasteiger partial charge in [0.25, 0.3) is 0 Å². The van der Waals surface area contributed by atoms with Gasteiger partial charge in [-0.2, -0.15) is 15.0 Å². The number of rotatable bonds is 9. The molecule has 0 N–H and O–H groups in total. The molecule has 1 aromatic rings. The topological polar surface area (TPSA) is 89.9 Å². The zero-order chi connectivity index (χ0) is 18.2. The van der Waals surface area contributed by atoms with Crippen molar-refractivity contribution >= 4 is 17.8 Å². The zero-order valence-electron chi connectivity index (χ0n) is 15.4. The Morgan fingerprint density at radius 1 is 0.960 bits per heavy atom. The Hall–Kier alpha value is -1.84. The molecule has 1 amide bonds. The number of amides is 1. The molecule has 1 aromatic heterocycles. The summed E-state index contributed by atoms with van der Waals surface area (Å²) in [5.74, 6) is 1.51. The molecule has 0 atom stereocenters. The van der Waals surface area contributed by atoms with Crippen molar-refractivity contribution in [3.05, 3.63) is 5.82 Å². The van der Waals surface area contributed by atoms with E-state index in [2.05, 4.69) is 15.0 Å². The Morgan fingerprint density at radius 2 is 1.52 bits per heavy atom. The molecule has 140 valence electrons. The molecule has 1 aliphatic carbocycles.